The lowest BCUT2D eigenvalue weighted by molar-refractivity contribution is -0.134. The zero-order valence-corrected chi connectivity index (χ0v) is 16.9. The van der Waals surface area contributed by atoms with Gasteiger partial charge in [-0.15, -0.1) is 0 Å². The second-order valence-electron chi connectivity index (χ2n) is 8.46. The average Bonchev–Trinajstić information content (AvgIpc) is 3.00. The van der Waals surface area contributed by atoms with Crippen LogP contribution in [-0.4, -0.2) is 54.0 Å². The summed E-state index contributed by atoms with van der Waals surface area (Å²) in [5, 5.41) is 2.07. The van der Waals surface area contributed by atoms with Crippen LogP contribution in [0, 0.1) is 5.92 Å². The van der Waals surface area contributed by atoms with Crippen molar-refractivity contribution in [2.75, 3.05) is 26.2 Å². The van der Waals surface area contributed by atoms with Crippen LogP contribution in [0.3, 0.4) is 0 Å². The zero-order valence-electron chi connectivity index (χ0n) is 16.9. The summed E-state index contributed by atoms with van der Waals surface area (Å²) in [4.78, 5) is 27.5. The first-order chi connectivity index (χ1) is 13.5. The van der Waals surface area contributed by atoms with Crippen molar-refractivity contribution in [3.05, 3.63) is 35.4 Å². The number of carbonyl (C=O) groups excluding carboxylic acids is 2. The van der Waals surface area contributed by atoms with Crippen molar-refractivity contribution in [2.45, 2.75) is 57.6 Å². The van der Waals surface area contributed by atoms with Crippen LogP contribution in [0.1, 0.15) is 61.9 Å². The number of piperazine rings is 1. The number of nitrogens with zero attached hydrogens (tertiary/aromatic N) is 2. The summed E-state index contributed by atoms with van der Waals surface area (Å²) in [6.45, 7) is 8.22. The molecule has 1 unspecified atom stereocenters. The smallest absolute Gasteiger partial charge is 0.339 e. The predicted octanol–water partition coefficient (Wildman–Crippen LogP) is 2.69. The van der Waals surface area contributed by atoms with E-state index in [1.165, 1.54) is 0 Å². The molecule has 4 rings (SSSR count). The van der Waals surface area contributed by atoms with Crippen LogP contribution < -0.4 is 5.43 Å². The first-order valence-electron chi connectivity index (χ1n) is 10.6. The molecule has 6 nitrogen and oxygen atoms in total. The van der Waals surface area contributed by atoms with Gasteiger partial charge in [0.25, 0.3) is 0 Å². The third-order valence-corrected chi connectivity index (χ3v) is 6.89. The summed E-state index contributed by atoms with van der Waals surface area (Å²) in [6.07, 6.45) is 4.09. The molecule has 1 atom stereocenters. The summed E-state index contributed by atoms with van der Waals surface area (Å²) in [7, 11) is 0. The molecular formula is C22H31N3O3. The van der Waals surface area contributed by atoms with Gasteiger partial charge in [0, 0.05) is 43.7 Å². The average molecular weight is 386 g/mol. The van der Waals surface area contributed by atoms with E-state index in [-0.39, 0.29) is 17.8 Å². The number of carbonyl (C=O) groups is 2. The van der Waals surface area contributed by atoms with Crippen LogP contribution in [0.2, 0.25) is 0 Å². The molecule has 2 heterocycles. The highest BCUT2D eigenvalue weighted by Crippen LogP contribution is 2.48. The molecule has 6 heteroatoms. The Bertz CT molecular complexity index is 734. The maximum absolute atomic E-state index is 12.8. The fourth-order valence-electron chi connectivity index (χ4n) is 4.84. The van der Waals surface area contributed by atoms with Crippen molar-refractivity contribution in [3.63, 3.8) is 0 Å². The SMILES string of the molecule is CCC(C)N1CCN(NC(=O)[C@H]2CC[C@@]3(CC2)OC(=O)c2ccccc23)CC1. The molecule has 3 aliphatic rings. The molecule has 1 saturated heterocycles. The Morgan fingerprint density at radius 1 is 1.21 bits per heavy atom. The first-order valence-corrected chi connectivity index (χ1v) is 10.6. The number of ether oxygens (including phenoxy) is 1. The van der Waals surface area contributed by atoms with Crippen molar-refractivity contribution >= 4 is 11.9 Å². The number of hydrogen-bond donors (Lipinski definition) is 1. The lowest BCUT2D eigenvalue weighted by atomic mass is 9.75. The van der Waals surface area contributed by atoms with Crippen molar-refractivity contribution in [1.29, 1.82) is 0 Å². The lowest BCUT2D eigenvalue weighted by Gasteiger charge is -2.39. The predicted molar refractivity (Wildman–Crippen MR) is 107 cm³/mol. The van der Waals surface area contributed by atoms with Gasteiger partial charge in [-0.2, -0.15) is 0 Å². The molecule has 1 aromatic carbocycles. The second kappa shape index (κ2) is 7.84. The molecule has 1 aliphatic carbocycles. The van der Waals surface area contributed by atoms with E-state index >= 15 is 0 Å². The molecular weight excluding hydrogens is 354 g/mol. The summed E-state index contributed by atoms with van der Waals surface area (Å²) in [5.74, 6) is -0.119. The van der Waals surface area contributed by atoms with E-state index in [2.05, 4.69) is 29.2 Å². The normalized spacial score (nSPS) is 29.4. The minimum absolute atomic E-state index is 0.00955. The Kier molecular flexibility index (Phi) is 5.43. The van der Waals surface area contributed by atoms with Crippen LogP contribution >= 0.6 is 0 Å². The molecule has 1 aromatic rings. The minimum atomic E-state index is -0.521. The molecule has 1 amide bonds. The monoisotopic (exact) mass is 385 g/mol. The van der Waals surface area contributed by atoms with Gasteiger partial charge in [0.15, 0.2) is 0 Å². The van der Waals surface area contributed by atoms with E-state index in [0.29, 0.717) is 11.6 Å². The van der Waals surface area contributed by atoms with Crippen LogP contribution in [-0.2, 0) is 15.1 Å². The maximum Gasteiger partial charge on any atom is 0.339 e. The van der Waals surface area contributed by atoms with Gasteiger partial charge in [-0.05, 0) is 45.1 Å². The quantitative estimate of drug-likeness (QED) is 0.808. The van der Waals surface area contributed by atoms with Gasteiger partial charge in [-0.3, -0.25) is 15.1 Å². The van der Waals surface area contributed by atoms with Crippen molar-refractivity contribution in [3.8, 4) is 0 Å². The van der Waals surface area contributed by atoms with E-state index in [1.54, 1.807) is 0 Å². The van der Waals surface area contributed by atoms with Gasteiger partial charge >= 0.3 is 5.97 Å². The van der Waals surface area contributed by atoms with Crippen LogP contribution in [0.15, 0.2) is 24.3 Å². The van der Waals surface area contributed by atoms with Crippen molar-refractivity contribution in [1.82, 2.24) is 15.3 Å². The molecule has 28 heavy (non-hydrogen) atoms. The molecule has 2 fully saturated rings. The summed E-state index contributed by atoms with van der Waals surface area (Å²) in [6, 6.07) is 8.27. The third kappa shape index (κ3) is 3.55. The third-order valence-electron chi connectivity index (χ3n) is 6.89. The highest BCUT2D eigenvalue weighted by atomic mass is 16.6. The number of amides is 1. The first kappa shape index (κ1) is 19.4. The van der Waals surface area contributed by atoms with E-state index in [1.807, 2.05) is 24.3 Å². The topological polar surface area (TPSA) is 61.9 Å². The standard InChI is InChI=1S/C22H31N3O3/c1-3-16(2)24-12-14-25(15-13-24)23-20(26)17-8-10-22(11-9-17)19-7-5-4-6-18(19)21(27)28-22/h4-7,16-17H,3,8-15H2,1-2H3,(H,23,26)/t16?,17-,22-. The molecule has 1 spiro atoms. The molecule has 152 valence electrons. The van der Waals surface area contributed by atoms with Gasteiger partial charge in [0.2, 0.25) is 5.91 Å². The van der Waals surface area contributed by atoms with Gasteiger partial charge in [0.05, 0.1) is 5.56 Å². The number of nitrogens with one attached hydrogen (secondary N) is 1. The Balaban J connectivity index is 1.30. The number of rotatable bonds is 4. The molecule has 2 aliphatic heterocycles. The molecule has 0 bridgehead atoms. The van der Waals surface area contributed by atoms with E-state index in [0.717, 1.165) is 63.8 Å². The van der Waals surface area contributed by atoms with Gasteiger partial charge in [-0.1, -0.05) is 25.1 Å². The van der Waals surface area contributed by atoms with Crippen molar-refractivity contribution in [2.24, 2.45) is 5.92 Å². The molecule has 1 saturated carbocycles. The zero-order chi connectivity index (χ0) is 19.7. The van der Waals surface area contributed by atoms with E-state index in [9.17, 15) is 9.59 Å². The largest absolute Gasteiger partial charge is 0.451 e. The summed E-state index contributed by atoms with van der Waals surface area (Å²) >= 11 is 0. The Morgan fingerprint density at radius 3 is 2.57 bits per heavy atom. The molecule has 1 N–H and O–H groups in total. The lowest BCUT2D eigenvalue weighted by Crippen LogP contribution is -2.56. The summed E-state index contributed by atoms with van der Waals surface area (Å²) in [5.41, 5.74) is 4.30. The highest BCUT2D eigenvalue weighted by molar-refractivity contribution is 5.94. The van der Waals surface area contributed by atoms with Crippen molar-refractivity contribution < 1.29 is 14.3 Å². The van der Waals surface area contributed by atoms with Crippen LogP contribution in [0.5, 0.6) is 0 Å². The van der Waals surface area contributed by atoms with Crippen LogP contribution in [0.4, 0.5) is 0 Å². The molecule has 0 radical (unpaired) electrons. The highest BCUT2D eigenvalue weighted by Gasteiger charge is 2.48. The number of benzene rings is 1. The van der Waals surface area contributed by atoms with Crippen LogP contribution in [0.25, 0.3) is 0 Å². The Labute approximate surface area is 167 Å². The van der Waals surface area contributed by atoms with Gasteiger partial charge < -0.3 is 4.74 Å². The number of hydrogen-bond acceptors (Lipinski definition) is 5. The minimum Gasteiger partial charge on any atom is -0.451 e. The Hall–Kier alpha value is -1.92. The Morgan fingerprint density at radius 2 is 1.89 bits per heavy atom. The van der Waals surface area contributed by atoms with E-state index < -0.39 is 5.60 Å². The number of fused-ring (bicyclic) bond motifs is 2. The molecule has 0 aromatic heterocycles. The van der Waals surface area contributed by atoms with E-state index in [4.69, 9.17) is 4.74 Å². The fraction of sp³-hybridized carbons (Fsp3) is 0.636. The number of esters is 1. The summed E-state index contributed by atoms with van der Waals surface area (Å²) < 4.78 is 5.80. The van der Waals surface area contributed by atoms with Gasteiger partial charge in [-0.25, -0.2) is 9.80 Å². The maximum atomic E-state index is 12.8. The second-order valence-corrected chi connectivity index (χ2v) is 8.46. The number of hydrazine groups is 1. The fourth-order valence-corrected chi connectivity index (χ4v) is 4.84. The van der Waals surface area contributed by atoms with Gasteiger partial charge in [0.1, 0.15) is 5.60 Å².